The van der Waals surface area contributed by atoms with Gasteiger partial charge in [0, 0.05) is 22.8 Å². The van der Waals surface area contributed by atoms with Gasteiger partial charge in [-0.2, -0.15) is 0 Å². The summed E-state index contributed by atoms with van der Waals surface area (Å²) in [5.41, 5.74) is 1.10. The second-order valence-electron chi connectivity index (χ2n) is 4.54. The molecule has 4 nitrogen and oxygen atoms in total. The zero-order valence-corrected chi connectivity index (χ0v) is 14.1. The average Bonchev–Trinajstić information content (AvgIpc) is 2.39. The van der Waals surface area contributed by atoms with E-state index in [1.54, 1.807) is 13.0 Å². The zero-order chi connectivity index (χ0) is 16.0. The number of nitrogens with zero attached hydrogens (tertiary/aromatic N) is 1. The number of rotatable bonds is 6. The van der Waals surface area contributed by atoms with Gasteiger partial charge in [0.1, 0.15) is 0 Å². The quantitative estimate of drug-likeness (QED) is 0.728. The third kappa shape index (κ3) is 4.43. The Balaban J connectivity index is 3.13. The molecule has 1 amide bonds. The molecule has 0 bridgehead atoms. The van der Waals surface area contributed by atoms with Crippen LogP contribution in [-0.4, -0.2) is 18.5 Å². The van der Waals surface area contributed by atoms with Crippen molar-refractivity contribution in [1.82, 2.24) is 0 Å². The van der Waals surface area contributed by atoms with Gasteiger partial charge in [-0.25, -0.2) is 0 Å². The molecular weight excluding hydrogens is 334 g/mol. The van der Waals surface area contributed by atoms with Crippen LogP contribution < -0.4 is 4.90 Å². The Bertz CT molecular complexity index is 542. The van der Waals surface area contributed by atoms with Gasteiger partial charge in [0.25, 0.3) is 0 Å². The van der Waals surface area contributed by atoms with E-state index in [-0.39, 0.29) is 11.9 Å². The number of halogens is 1. The van der Waals surface area contributed by atoms with E-state index in [4.69, 9.17) is 4.74 Å². The number of anilines is 1. The maximum absolute atomic E-state index is 12.0. The van der Waals surface area contributed by atoms with Gasteiger partial charge in [-0.1, -0.05) is 35.5 Å². The lowest BCUT2D eigenvalue weighted by molar-refractivity contribution is -0.146. The normalized spacial score (nSPS) is 11.6. The van der Waals surface area contributed by atoms with Gasteiger partial charge >= 0.3 is 5.97 Å². The fourth-order valence-corrected chi connectivity index (χ4v) is 2.49. The Labute approximate surface area is 133 Å². The largest absolute Gasteiger partial charge is 0.465 e. The van der Waals surface area contributed by atoms with Crippen LogP contribution in [0.25, 0.3) is 0 Å². The Morgan fingerprint density at radius 3 is 2.52 bits per heavy atom. The molecule has 21 heavy (non-hydrogen) atoms. The standard InChI is InChI=1S/C16H20BrNO3/c1-5-15(16(20)21-6-2)11(3)18(12(4)19)14-9-7-8-13(17)10-14/h7-10,15H,3,5-6H2,1-2,4H3. The van der Waals surface area contributed by atoms with E-state index in [2.05, 4.69) is 22.5 Å². The van der Waals surface area contributed by atoms with Crippen molar-refractivity contribution in [3.8, 4) is 0 Å². The molecule has 0 saturated heterocycles. The first-order valence-electron chi connectivity index (χ1n) is 6.84. The van der Waals surface area contributed by atoms with Crippen LogP contribution in [0.1, 0.15) is 27.2 Å². The van der Waals surface area contributed by atoms with E-state index in [9.17, 15) is 9.59 Å². The minimum Gasteiger partial charge on any atom is -0.465 e. The Kier molecular flexibility index (Phi) is 6.62. The van der Waals surface area contributed by atoms with Gasteiger partial charge in [0.2, 0.25) is 5.91 Å². The van der Waals surface area contributed by atoms with Crippen LogP contribution in [0.3, 0.4) is 0 Å². The molecule has 5 heteroatoms. The summed E-state index contributed by atoms with van der Waals surface area (Å²) in [6, 6.07) is 7.31. The summed E-state index contributed by atoms with van der Waals surface area (Å²) in [7, 11) is 0. The fourth-order valence-electron chi connectivity index (χ4n) is 2.10. The molecule has 1 unspecified atom stereocenters. The third-order valence-electron chi connectivity index (χ3n) is 3.05. The summed E-state index contributed by atoms with van der Waals surface area (Å²) < 4.78 is 5.91. The number of carbonyl (C=O) groups excluding carboxylic acids is 2. The number of benzene rings is 1. The van der Waals surface area contributed by atoms with E-state index in [0.717, 1.165) is 4.47 Å². The number of esters is 1. The summed E-state index contributed by atoms with van der Waals surface area (Å²) in [6.07, 6.45) is 0.523. The zero-order valence-electron chi connectivity index (χ0n) is 12.6. The first kappa shape index (κ1) is 17.4. The molecule has 0 aliphatic heterocycles. The van der Waals surface area contributed by atoms with E-state index >= 15 is 0 Å². The first-order valence-corrected chi connectivity index (χ1v) is 7.63. The maximum atomic E-state index is 12.0. The van der Waals surface area contributed by atoms with Crippen molar-refractivity contribution in [3.05, 3.63) is 41.0 Å². The second-order valence-corrected chi connectivity index (χ2v) is 5.45. The van der Waals surface area contributed by atoms with Gasteiger partial charge in [-0.05, 0) is 31.5 Å². The molecule has 1 aromatic carbocycles. The van der Waals surface area contributed by atoms with Crippen LogP contribution in [-0.2, 0) is 14.3 Å². The lowest BCUT2D eigenvalue weighted by Crippen LogP contribution is -2.34. The SMILES string of the molecule is C=C(C(CC)C(=O)OCC)N(C(C)=O)c1cccc(Br)c1. The lowest BCUT2D eigenvalue weighted by Gasteiger charge is -2.28. The van der Waals surface area contributed by atoms with E-state index in [0.29, 0.717) is 24.4 Å². The molecule has 0 fully saturated rings. The van der Waals surface area contributed by atoms with Crippen LogP contribution in [0.5, 0.6) is 0 Å². The molecule has 0 heterocycles. The number of ether oxygens (including phenoxy) is 1. The van der Waals surface area contributed by atoms with Crippen molar-refractivity contribution >= 4 is 33.5 Å². The van der Waals surface area contributed by atoms with Crippen molar-refractivity contribution in [2.24, 2.45) is 5.92 Å². The van der Waals surface area contributed by atoms with Gasteiger partial charge < -0.3 is 4.74 Å². The van der Waals surface area contributed by atoms with Crippen molar-refractivity contribution in [2.75, 3.05) is 11.5 Å². The number of amides is 1. The highest BCUT2D eigenvalue weighted by atomic mass is 79.9. The molecule has 1 rings (SSSR count). The van der Waals surface area contributed by atoms with Gasteiger partial charge in [0.05, 0.1) is 12.5 Å². The number of carbonyl (C=O) groups is 2. The third-order valence-corrected chi connectivity index (χ3v) is 3.54. The minimum atomic E-state index is -0.534. The highest BCUT2D eigenvalue weighted by Gasteiger charge is 2.28. The average molecular weight is 354 g/mol. The van der Waals surface area contributed by atoms with Gasteiger partial charge in [-0.15, -0.1) is 0 Å². The summed E-state index contributed by atoms with van der Waals surface area (Å²) >= 11 is 3.38. The molecule has 0 N–H and O–H groups in total. The number of hydrogen-bond donors (Lipinski definition) is 0. The second kappa shape index (κ2) is 7.98. The maximum Gasteiger partial charge on any atom is 0.314 e. The molecule has 0 aromatic heterocycles. The summed E-state index contributed by atoms with van der Waals surface area (Å²) in [6.45, 7) is 9.32. The van der Waals surface area contributed by atoms with Crippen molar-refractivity contribution in [1.29, 1.82) is 0 Å². The van der Waals surface area contributed by atoms with Crippen LogP contribution in [0.2, 0.25) is 0 Å². The van der Waals surface area contributed by atoms with Gasteiger partial charge in [-0.3, -0.25) is 14.5 Å². The highest BCUT2D eigenvalue weighted by Crippen LogP contribution is 2.28. The van der Waals surface area contributed by atoms with Crippen molar-refractivity contribution < 1.29 is 14.3 Å². The Hall–Kier alpha value is -1.62. The molecule has 0 saturated carbocycles. The van der Waals surface area contributed by atoms with E-state index in [1.165, 1.54) is 11.8 Å². The lowest BCUT2D eigenvalue weighted by atomic mass is 10.0. The fraction of sp³-hybridized carbons (Fsp3) is 0.375. The van der Waals surface area contributed by atoms with Crippen molar-refractivity contribution in [3.63, 3.8) is 0 Å². The Morgan fingerprint density at radius 1 is 1.38 bits per heavy atom. The molecule has 0 spiro atoms. The predicted molar refractivity (Wildman–Crippen MR) is 86.9 cm³/mol. The topological polar surface area (TPSA) is 46.6 Å². The molecule has 1 atom stereocenters. The smallest absolute Gasteiger partial charge is 0.314 e. The van der Waals surface area contributed by atoms with E-state index < -0.39 is 5.92 Å². The molecule has 114 valence electrons. The molecule has 1 aromatic rings. The van der Waals surface area contributed by atoms with Crippen LogP contribution in [0.4, 0.5) is 5.69 Å². The molecule has 0 radical (unpaired) electrons. The highest BCUT2D eigenvalue weighted by molar-refractivity contribution is 9.10. The monoisotopic (exact) mass is 353 g/mol. The summed E-state index contributed by atoms with van der Waals surface area (Å²) in [4.78, 5) is 25.5. The summed E-state index contributed by atoms with van der Waals surface area (Å²) in [5.74, 6) is -1.08. The molecule has 0 aliphatic rings. The predicted octanol–water partition coefficient (Wildman–Crippen LogP) is 3.91. The van der Waals surface area contributed by atoms with Crippen LogP contribution in [0.15, 0.2) is 41.0 Å². The van der Waals surface area contributed by atoms with Gasteiger partial charge in [0.15, 0.2) is 0 Å². The number of hydrogen-bond acceptors (Lipinski definition) is 3. The summed E-state index contributed by atoms with van der Waals surface area (Å²) in [5, 5.41) is 0. The van der Waals surface area contributed by atoms with E-state index in [1.807, 2.05) is 25.1 Å². The molecular formula is C16H20BrNO3. The molecule has 0 aliphatic carbocycles. The van der Waals surface area contributed by atoms with Crippen molar-refractivity contribution in [2.45, 2.75) is 27.2 Å². The van der Waals surface area contributed by atoms with Crippen LogP contribution >= 0.6 is 15.9 Å². The minimum absolute atomic E-state index is 0.194. The first-order chi connectivity index (χ1) is 9.92. The van der Waals surface area contributed by atoms with Crippen LogP contribution in [0, 0.1) is 5.92 Å². The Morgan fingerprint density at radius 2 is 2.05 bits per heavy atom.